The van der Waals surface area contributed by atoms with E-state index in [4.69, 9.17) is 15.2 Å². The van der Waals surface area contributed by atoms with Gasteiger partial charge in [0.2, 0.25) is 5.91 Å². The van der Waals surface area contributed by atoms with E-state index < -0.39 is 0 Å². The summed E-state index contributed by atoms with van der Waals surface area (Å²) in [7, 11) is 0. The summed E-state index contributed by atoms with van der Waals surface area (Å²) >= 11 is 0. The van der Waals surface area contributed by atoms with E-state index >= 15 is 0 Å². The molecule has 1 aliphatic rings. The first-order chi connectivity index (χ1) is 11.7. The highest BCUT2D eigenvalue weighted by Gasteiger charge is 2.15. The summed E-state index contributed by atoms with van der Waals surface area (Å²) in [6.07, 6.45) is 0. The number of nitrogens with one attached hydrogen (secondary N) is 1. The standard InChI is InChI=1S/C14H27N5O5/c15-14(22)9-17-3-1-16-2-4-18(10-23-12-20)7-8-19(6-5-17)11-24-13-21/h12-13,16H,1-11H2,(H2,15,22). The highest BCUT2D eigenvalue weighted by atomic mass is 16.5. The molecule has 24 heavy (non-hydrogen) atoms. The fourth-order valence-electron chi connectivity index (χ4n) is 2.41. The maximum Gasteiger partial charge on any atom is 0.294 e. The summed E-state index contributed by atoms with van der Waals surface area (Å²) in [5, 5.41) is 3.29. The van der Waals surface area contributed by atoms with Crippen molar-refractivity contribution >= 4 is 18.9 Å². The van der Waals surface area contributed by atoms with Crippen molar-refractivity contribution in [1.82, 2.24) is 20.0 Å². The Hall–Kier alpha value is -1.75. The lowest BCUT2D eigenvalue weighted by Gasteiger charge is -2.30. The van der Waals surface area contributed by atoms with E-state index in [9.17, 15) is 14.4 Å². The van der Waals surface area contributed by atoms with Crippen LogP contribution in [0.1, 0.15) is 0 Å². The van der Waals surface area contributed by atoms with Gasteiger partial charge in [-0.3, -0.25) is 29.1 Å². The molecule has 0 unspecified atom stereocenters. The first-order valence-corrected chi connectivity index (χ1v) is 7.92. The van der Waals surface area contributed by atoms with E-state index in [-0.39, 0.29) is 25.9 Å². The maximum atomic E-state index is 11.2. The van der Waals surface area contributed by atoms with E-state index in [1.807, 2.05) is 14.7 Å². The molecule has 0 aromatic heterocycles. The Morgan fingerprint density at radius 2 is 1.33 bits per heavy atom. The number of nitrogens with zero attached hydrogens (tertiary/aromatic N) is 3. The van der Waals surface area contributed by atoms with Crippen LogP contribution < -0.4 is 11.1 Å². The van der Waals surface area contributed by atoms with Crippen molar-refractivity contribution in [2.75, 3.05) is 72.4 Å². The van der Waals surface area contributed by atoms with Crippen LogP contribution in [0.15, 0.2) is 0 Å². The highest BCUT2D eigenvalue weighted by molar-refractivity contribution is 5.75. The average Bonchev–Trinajstić information content (AvgIpc) is 2.55. The van der Waals surface area contributed by atoms with E-state index in [1.54, 1.807) is 0 Å². The zero-order valence-corrected chi connectivity index (χ0v) is 13.9. The van der Waals surface area contributed by atoms with Crippen molar-refractivity contribution in [3.63, 3.8) is 0 Å². The van der Waals surface area contributed by atoms with Gasteiger partial charge < -0.3 is 20.5 Å². The highest BCUT2D eigenvalue weighted by Crippen LogP contribution is 1.97. The van der Waals surface area contributed by atoms with Gasteiger partial charge in [-0.05, 0) is 0 Å². The third-order valence-corrected chi connectivity index (χ3v) is 3.70. The van der Waals surface area contributed by atoms with Crippen molar-refractivity contribution in [2.24, 2.45) is 5.73 Å². The Balaban J connectivity index is 2.61. The molecule has 0 saturated carbocycles. The molecule has 0 bridgehead atoms. The Labute approximate surface area is 141 Å². The van der Waals surface area contributed by atoms with Gasteiger partial charge in [0.15, 0.2) is 0 Å². The smallest absolute Gasteiger partial charge is 0.294 e. The lowest BCUT2D eigenvalue weighted by molar-refractivity contribution is -0.135. The minimum Gasteiger partial charge on any atom is -0.452 e. The zero-order valence-electron chi connectivity index (χ0n) is 13.9. The second-order valence-corrected chi connectivity index (χ2v) is 5.51. The van der Waals surface area contributed by atoms with Crippen LogP contribution in [0.5, 0.6) is 0 Å². The SMILES string of the molecule is NC(=O)CN1CCNCCN(COC=O)CCN(COC=O)CC1. The van der Waals surface area contributed by atoms with Crippen LogP contribution in [0, 0.1) is 0 Å². The summed E-state index contributed by atoms with van der Waals surface area (Å²) < 4.78 is 9.67. The zero-order chi connectivity index (χ0) is 17.6. The molecule has 0 radical (unpaired) electrons. The number of carbonyl (C=O) groups excluding carboxylic acids is 3. The minimum atomic E-state index is -0.366. The van der Waals surface area contributed by atoms with Gasteiger partial charge in [-0.1, -0.05) is 0 Å². The predicted molar refractivity (Wildman–Crippen MR) is 85.7 cm³/mol. The molecule has 3 N–H and O–H groups in total. The third-order valence-electron chi connectivity index (χ3n) is 3.70. The number of nitrogens with two attached hydrogens (primary N) is 1. The van der Waals surface area contributed by atoms with Gasteiger partial charge in [-0.2, -0.15) is 0 Å². The summed E-state index contributed by atoms with van der Waals surface area (Å²) in [5.41, 5.74) is 5.28. The van der Waals surface area contributed by atoms with Crippen LogP contribution in [-0.2, 0) is 23.9 Å². The van der Waals surface area contributed by atoms with Crippen molar-refractivity contribution in [3.05, 3.63) is 0 Å². The van der Waals surface area contributed by atoms with Crippen LogP contribution in [0.25, 0.3) is 0 Å². The molecule has 1 saturated heterocycles. The van der Waals surface area contributed by atoms with Crippen molar-refractivity contribution in [2.45, 2.75) is 0 Å². The van der Waals surface area contributed by atoms with Gasteiger partial charge in [-0.15, -0.1) is 0 Å². The molecule has 138 valence electrons. The number of hydrogen-bond donors (Lipinski definition) is 2. The van der Waals surface area contributed by atoms with E-state index in [0.717, 1.165) is 13.1 Å². The minimum absolute atomic E-state index is 0.175. The normalized spacial score (nSPS) is 19.7. The fraction of sp³-hybridized carbons (Fsp3) is 0.786. The van der Waals surface area contributed by atoms with Crippen LogP contribution in [0.2, 0.25) is 0 Å². The summed E-state index contributed by atoms with van der Waals surface area (Å²) in [6, 6.07) is 0. The van der Waals surface area contributed by atoms with Crippen LogP contribution in [0.4, 0.5) is 0 Å². The topological polar surface area (TPSA) is 117 Å². The summed E-state index contributed by atoms with van der Waals surface area (Å²) in [5.74, 6) is -0.366. The second-order valence-electron chi connectivity index (χ2n) is 5.51. The largest absolute Gasteiger partial charge is 0.452 e. The van der Waals surface area contributed by atoms with Gasteiger partial charge in [0.1, 0.15) is 13.5 Å². The van der Waals surface area contributed by atoms with Gasteiger partial charge in [-0.25, -0.2) is 0 Å². The predicted octanol–water partition coefficient (Wildman–Crippen LogP) is -2.76. The first-order valence-electron chi connectivity index (χ1n) is 7.92. The molecule has 1 amide bonds. The Kier molecular flexibility index (Phi) is 10.7. The molecule has 0 atom stereocenters. The molecule has 1 aliphatic heterocycles. The molecule has 1 rings (SSSR count). The number of carbonyl (C=O) groups is 3. The lowest BCUT2D eigenvalue weighted by atomic mass is 10.3. The number of ether oxygens (including phenoxy) is 2. The fourth-order valence-corrected chi connectivity index (χ4v) is 2.41. The van der Waals surface area contributed by atoms with Crippen molar-refractivity contribution in [3.8, 4) is 0 Å². The third kappa shape index (κ3) is 9.40. The molecular formula is C14H27N5O5. The molecule has 0 aromatic rings. The van der Waals surface area contributed by atoms with Crippen molar-refractivity contribution in [1.29, 1.82) is 0 Å². The Morgan fingerprint density at radius 3 is 1.83 bits per heavy atom. The molecule has 1 heterocycles. The van der Waals surface area contributed by atoms with Gasteiger partial charge >= 0.3 is 0 Å². The van der Waals surface area contributed by atoms with E-state index in [0.29, 0.717) is 52.2 Å². The molecule has 0 aliphatic carbocycles. The molecule has 10 nitrogen and oxygen atoms in total. The number of rotatable bonds is 8. The molecule has 0 spiro atoms. The second kappa shape index (κ2) is 12.6. The Morgan fingerprint density at radius 1 is 0.875 bits per heavy atom. The van der Waals surface area contributed by atoms with Gasteiger partial charge in [0, 0.05) is 52.4 Å². The molecule has 0 aromatic carbocycles. The quantitative estimate of drug-likeness (QED) is 0.451. The van der Waals surface area contributed by atoms with Crippen LogP contribution in [0.3, 0.4) is 0 Å². The summed E-state index contributed by atoms with van der Waals surface area (Å²) in [4.78, 5) is 37.9. The number of primary amides is 1. The Bertz CT molecular complexity index is 385. The monoisotopic (exact) mass is 345 g/mol. The maximum absolute atomic E-state index is 11.2. The first kappa shape index (κ1) is 20.3. The number of amides is 1. The van der Waals surface area contributed by atoms with E-state index in [1.165, 1.54) is 0 Å². The molecule has 10 heteroatoms. The summed E-state index contributed by atoms with van der Waals surface area (Å²) in [6.45, 7) is 6.86. The lowest BCUT2D eigenvalue weighted by Crippen LogP contribution is -2.47. The average molecular weight is 345 g/mol. The van der Waals surface area contributed by atoms with Crippen molar-refractivity contribution < 1.29 is 23.9 Å². The van der Waals surface area contributed by atoms with Gasteiger partial charge in [0.25, 0.3) is 12.9 Å². The number of hydrogen-bond acceptors (Lipinski definition) is 9. The van der Waals surface area contributed by atoms with Crippen LogP contribution in [-0.4, -0.2) is 106 Å². The van der Waals surface area contributed by atoms with E-state index in [2.05, 4.69) is 5.32 Å². The van der Waals surface area contributed by atoms with Gasteiger partial charge in [0.05, 0.1) is 6.54 Å². The van der Waals surface area contributed by atoms with Crippen LogP contribution >= 0.6 is 0 Å². The molecular weight excluding hydrogens is 318 g/mol. The molecule has 1 fully saturated rings.